The molecular weight excluding hydrogens is 256 g/mol. The number of nitrogens with one attached hydrogen (secondary N) is 2. The third-order valence-corrected chi connectivity index (χ3v) is 3.48. The molecule has 0 saturated carbocycles. The van der Waals surface area contributed by atoms with Crippen molar-refractivity contribution in [2.75, 3.05) is 25.1 Å². The topological polar surface area (TPSA) is 70.6 Å². The zero-order valence-electron chi connectivity index (χ0n) is 12.0. The highest BCUT2D eigenvalue weighted by Crippen LogP contribution is 2.19. The number of carbonyl (C=O) groups is 1. The Hall–Kier alpha value is -1.59. The van der Waals surface area contributed by atoms with Crippen molar-refractivity contribution in [2.45, 2.75) is 32.3 Å². The molecule has 0 spiro atoms. The van der Waals surface area contributed by atoms with Gasteiger partial charge in [-0.15, -0.1) is 0 Å². The van der Waals surface area contributed by atoms with E-state index in [0.29, 0.717) is 26.1 Å². The van der Waals surface area contributed by atoms with Gasteiger partial charge in [0.15, 0.2) is 0 Å². The number of aryl methyl sites for hydroxylation is 2. The van der Waals surface area contributed by atoms with Crippen LogP contribution in [0.2, 0.25) is 0 Å². The fourth-order valence-electron chi connectivity index (χ4n) is 2.40. The fraction of sp³-hybridized carbons (Fsp3) is 0.533. The van der Waals surface area contributed by atoms with Gasteiger partial charge in [0.2, 0.25) is 0 Å². The third-order valence-electron chi connectivity index (χ3n) is 3.48. The van der Waals surface area contributed by atoms with Crippen molar-refractivity contribution in [3.8, 4) is 0 Å². The Balaban J connectivity index is 1.86. The predicted octanol–water partition coefficient (Wildman–Crippen LogP) is 1.97. The minimum Gasteiger partial charge on any atom is -0.388 e. The van der Waals surface area contributed by atoms with Gasteiger partial charge in [-0.25, -0.2) is 4.79 Å². The van der Waals surface area contributed by atoms with Crippen LogP contribution in [-0.2, 0) is 4.74 Å². The van der Waals surface area contributed by atoms with Crippen molar-refractivity contribution < 1.29 is 14.6 Å². The molecule has 0 atom stereocenters. The van der Waals surface area contributed by atoms with Gasteiger partial charge in [0, 0.05) is 38.3 Å². The quantitative estimate of drug-likeness (QED) is 0.791. The number of anilines is 1. The molecule has 1 heterocycles. The van der Waals surface area contributed by atoms with E-state index in [1.807, 2.05) is 32.0 Å². The summed E-state index contributed by atoms with van der Waals surface area (Å²) in [6.45, 7) is 5.29. The van der Waals surface area contributed by atoms with E-state index >= 15 is 0 Å². The van der Waals surface area contributed by atoms with Crippen LogP contribution in [0.4, 0.5) is 10.5 Å². The SMILES string of the molecule is Cc1cc(C)cc(NC(=O)NCC2(O)CCOCC2)c1. The maximum atomic E-state index is 11.9. The van der Waals surface area contributed by atoms with E-state index in [2.05, 4.69) is 10.6 Å². The Morgan fingerprint density at radius 2 is 1.85 bits per heavy atom. The second-order valence-corrected chi connectivity index (χ2v) is 5.52. The van der Waals surface area contributed by atoms with E-state index in [1.54, 1.807) is 0 Å². The van der Waals surface area contributed by atoms with Crippen molar-refractivity contribution in [2.24, 2.45) is 0 Å². The van der Waals surface area contributed by atoms with Crippen molar-refractivity contribution in [1.29, 1.82) is 0 Å². The summed E-state index contributed by atoms with van der Waals surface area (Å²) in [6.07, 6.45) is 1.10. The first kappa shape index (κ1) is 14.8. The largest absolute Gasteiger partial charge is 0.388 e. The summed E-state index contributed by atoms with van der Waals surface area (Å²) in [5.41, 5.74) is 2.11. The number of urea groups is 1. The van der Waals surface area contributed by atoms with Crippen LogP contribution in [0.15, 0.2) is 18.2 Å². The second-order valence-electron chi connectivity index (χ2n) is 5.52. The van der Waals surface area contributed by atoms with Gasteiger partial charge in [0.05, 0.1) is 5.60 Å². The number of aliphatic hydroxyl groups is 1. The van der Waals surface area contributed by atoms with E-state index in [-0.39, 0.29) is 12.6 Å². The number of rotatable bonds is 3. The summed E-state index contributed by atoms with van der Waals surface area (Å²) in [6, 6.07) is 5.58. The minimum atomic E-state index is -0.849. The molecule has 1 aromatic carbocycles. The van der Waals surface area contributed by atoms with E-state index in [9.17, 15) is 9.90 Å². The predicted molar refractivity (Wildman–Crippen MR) is 77.9 cm³/mol. The fourth-order valence-corrected chi connectivity index (χ4v) is 2.40. The highest BCUT2D eigenvalue weighted by Gasteiger charge is 2.30. The molecule has 1 aliphatic rings. The zero-order valence-corrected chi connectivity index (χ0v) is 12.0. The standard InChI is InChI=1S/C15H22N2O3/c1-11-7-12(2)9-13(8-11)17-14(18)16-10-15(19)3-5-20-6-4-15/h7-9,19H,3-6,10H2,1-2H3,(H2,16,17,18). The molecule has 2 amide bonds. The molecule has 110 valence electrons. The van der Waals surface area contributed by atoms with Gasteiger partial charge in [0.1, 0.15) is 0 Å². The van der Waals surface area contributed by atoms with Crippen LogP contribution in [-0.4, -0.2) is 36.5 Å². The van der Waals surface area contributed by atoms with Crippen molar-refractivity contribution in [3.05, 3.63) is 29.3 Å². The Kier molecular flexibility index (Phi) is 4.62. The molecule has 20 heavy (non-hydrogen) atoms. The monoisotopic (exact) mass is 278 g/mol. The first-order valence-electron chi connectivity index (χ1n) is 6.90. The first-order valence-corrected chi connectivity index (χ1v) is 6.90. The molecule has 2 rings (SSSR count). The van der Waals surface area contributed by atoms with Crippen LogP contribution in [0.3, 0.4) is 0 Å². The lowest BCUT2D eigenvalue weighted by Crippen LogP contribution is -2.47. The number of hydrogen-bond donors (Lipinski definition) is 3. The lowest BCUT2D eigenvalue weighted by Gasteiger charge is -2.32. The van der Waals surface area contributed by atoms with Gasteiger partial charge in [0.25, 0.3) is 0 Å². The summed E-state index contributed by atoms with van der Waals surface area (Å²) in [4.78, 5) is 11.9. The van der Waals surface area contributed by atoms with E-state index in [0.717, 1.165) is 16.8 Å². The summed E-state index contributed by atoms with van der Waals surface area (Å²) in [7, 11) is 0. The molecule has 0 aromatic heterocycles. The highest BCUT2D eigenvalue weighted by atomic mass is 16.5. The van der Waals surface area contributed by atoms with Crippen LogP contribution < -0.4 is 10.6 Å². The molecule has 0 unspecified atom stereocenters. The average molecular weight is 278 g/mol. The molecule has 0 bridgehead atoms. The zero-order chi connectivity index (χ0) is 14.6. The van der Waals surface area contributed by atoms with Gasteiger partial charge in [-0.2, -0.15) is 0 Å². The Morgan fingerprint density at radius 3 is 2.45 bits per heavy atom. The maximum Gasteiger partial charge on any atom is 0.319 e. The van der Waals surface area contributed by atoms with E-state index < -0.39 is 5.60 Å². The third kappa shape index (κ3) is 4.21. The molecule has 1 fully saturated rings. The van der Waals surface area contributed by atoms with Crippen molar-refractivity contribution in [1.82, 2.24) is 5.32 Å². The number of hydrogen-bond acceptors (Lipinski definition) is 3. The Labute approximate surface area is 119 Å². The summed E-state index contributed by atoms with van der Waals surface area (Å²) >= 11 is 0. The van der Waals surface area contributed by atoms with Gasteiger partial charge >= 0.3 is 6.03 Å². The lowest BCUT2D eigenvalue weighted by atomic mass is 9.94. The van der Waals surface area contributed by atoms with Crippen LogP contribution in [0.1, 0.15) is 24.0 Å². The van der Waals surface area contributed by atoms with Gasteiger partial charge < -0.3 is 20.5 Å². The maximum absolute atomic E-state index is 11.9. The molecular formula is C15H22N2O3. The molecule has 5 heteroatoms. The minimum absolute atomic E-state index is 0.243. The van der Waals surface area contributed by atoms with Crippen LogP contribution in [0, 0.1) is 13.8 Å². The molecule has 3 N–H and O–H groups in total. The molecule has 1 saturated heterocycles. The summed E-state index contributed by atoms with van der Waals surface area (Å²) in [5, 5.41) is 15.8. The van der Waals surface area contributed by atoms with E-state index in [1.165, 1.54) is 0 Å². The van der Waals surface area contributed by atoms with Crippen molar-refractivity contribution >= 4 is 11.7 Å². The number of benzene rings is 1. The molecule has 1 aromatic rings. The average Bonchev–Trinajstić information content (AvgIpc) is 2.36. The smallest absolute Gasteiger partial charge is 0.319 e. The molecule has 1 aliphatic heterocycles. The van der Waals surface area contributed by atoms with Crippen LogP contribution in [0.25, 0.3) is 0 Å². The summed E-state index contributed by atoms with van der Waals surface area (Å²) < 4.78 is 5.21. The van der Waals surface area contributed by atoms with Crippen molar-refractivity contribution in [3.63, 3.8) is 0 Å². The second kappa shape index (κ2) is 6.24. The number of amides is 2. The summed E-state index contributed by atoms with van der Waals surface area (Å²) in [5.74, 6) is 0. The molecule has 0 aliphatic carbocycles. The number of ether oxygens (including phenoxy) is 1. The lowest BCUT2D eigenvalue weighted by molar-refractivity contribution is -0.0598. The van der Waals surface area contributed by atoms with Crippen LogP contribution >= 0.6 is 0 Å². The molecule has 5 nitrogen and oxygen atoms in total. The van der Waals surface area contributed by atoms with Crippen LogP contribution in [0.5, 0.6) is 0 Å². The van der Waals surface area contributed by atoms with Gasteiger partial charge in [-0.1, -0.05) is 6.07 Å². The highest BCUT2D eigenvalue weighted by molar-refractivity contribution is 5.89. The Bertz CT molecular complexity index is 462. The molecule has 0 radical (unpaired) electrons. The first-order chi connectivity index (χ1) is 9.47. The normalized spacial score (nSPS) is 17.6. The number of carbonyl (C=O) groups excluding carboxylic acids is 1. The Morgan fingerprint density at radius 1 is 1.25 bits per heavy atom. The van der Waals surface area contributed by atoms with Gasteiger partial charge in [-0.05, 0) is 37.1 Å². The van der Waals surface area contributed by atoms with Gasteiger partial charge in [-0.3, -0.25) is 0 Å². The van der Waals surface area contributed by atoms with E-state index in [4.69, 9.17) is 4.74 Å².